The number of nitrogens with one attached hydrogen (secondary N) is 2. The lowest BCUT2D eigenvalue weighted by Gasteiger charge is -2.55. The molecular formula is C16H20N2O. The number of anilines is 1. The first-order valence-electron chi connectivity index (χ1n) is 7.11. The van der Waals surface area contributed by atoms with Crippen LogP contribution in [-0.4, -0.2) is 23.7 Å². The van der Waals surface area contributed by atoms with Crippen molar-refractivity contribution >= 4 is 16.6 Å². The van der Waals surface area contributed by atoms with E-state index in [1.165, 1.54) is 23.0 Å². The van der Waals surface area contributed by atoms with Crippen LogP contribution in [0.15, 0.2) is 30.5 Å². The van der Waals surface area contributed by atoms with Gasteiger partial charge in [-0.05, 0) is 30.7 Å². The molecule has 0 radical (unpaired) electrons. The molecule has 2 aliphatic rings. The predicted octanol–water partition coefficient (Wildman–Crippen LogP) is 3.39. The number of rotatable bonds is 2. The number of hydrogen-bond donors (Lipinski definition) is 2. The van der Waals surface area contributed by atoms with E-state index in [2.05, 4.69) is 48.4 Å². The van der Waals surface area contributed by atoms with Crippen molar-refractivity contribution in [2.24, 2.45) is 11.3 Å². The van der Waals surface area contributed by atoms with Gasteiger partial charge in [-0.1, -0.05) is 13.8 Å². The average molecular weight is 256 g/mol. The van der Waals surface area contributed by atoms with Crippen molar-refractivity contribution in [3.8, 4) is 0 Å². The van der Waals surface area contributed by atoms with Gasteiger partial charge in [0.2, 0.25) is 0 Å². The smallest absolute Gasteiger partial charge is 0.0694 e. The zero-order chi connectivity index (χ0) is 13.0. The van der Waals surface area contributed by atoms with Crippen molar-refractivity contribution in [1.29, 1.82) is 0 Å². The van der Waals surface area contributed by atoms with Crippen LogP contribution in [0.2, 0.25) is 0 Å². The van der Waals surface area contributed by atoms with Crippen LogP contribution >= 0.6 is 0 Å². The zero-order valence-electron chi connectivity index (χ0n) is 11.4. The Morgan fingerprint density at radius 1 is 1.32 bits per heavy atom. The van der Waals surface area contributed by atoms with Gasteiger partial charge in [-0.2, -0.15) is 0 Å². The van der Waals surface area contributed by atoms with Crippen LogP contribution in [0.5, 0.6) is 0 Å². The first-order valence-corrected chi connectivity index (χ1v) is 7.11. The van der Waals surface area contributed by atoms with Crippen molar-refractivity contribution in [3.63, 3.8) is 0 Å². The molecule has 4 rings (SSSR count). The molecule has 1 aliphatic carbocycles. The monoisotopic (exact) mass is 256 g/mol. The molecule has 2 heterocycles. The normalized spacial score (nSPS) is 32.0. The lowest BCUT2D eigenvalue weighted by Crippen LogP contribution is -2.63. The van der Waals surface area contributed by atoms with Crippen LogP contribution in [0.4, 0.5) is 5.69 Å². The molecule has 0 amide bonds. The van der Waals surface area contributed by atoms with Gasteiger partial charge in [0.05, 0.1) is 6.10 Å². The van der Waals surface area contributed by atoms with E-state index < -0.39 is 0 Å². The highest BCUT2D eigenvalue weighted by molar-refractivity contribution is 5.83. The highest BCUT2D eigenvalue weighted by atomic mass is 16.5. The SMILES string of the molecule is CC1(C)C(Nc2ccc3[nH]ccc3c2)C2CCOC21. The van der Waals surface area contributed by atoms with E-state index in [-0.39, 0.29) is 5.41 Å². The molecule has 3 heteroatoms. The summed E-state index contributed by atoms with van der Waals surface area (Å²) in [7, 11) is 0. The van der Waals surface area contributed by atoms with Crippen LogP contribution in [-0.2, 0) is 4.74 Å². The Kier molecular flexibility index (Phi) is 2.25. The Morgan fingerprint density at radius 2 is 2.21 bits per heavy atom. The highest BCUT2D eigenvalue weighted by Crippen LogP contribution is 2.53. The molecule has 1 saturated carbocycles. The van der Waals surface area contributed by atoms with E-state index >= 15 is 0 Å². The maximum absolute atomic E-state index is 5.85. The lowest BCUT2D eigenvalue weighted by atomic mass is 9.57. The fraction of sp³-hybridized carbons (Fsp3) is 0.500. The van der Waals surface area contributed by atoms with Crippen molar-refractivity contribution in [1.82, 2.24) is 4.98 Å². The van der Waals surface area contributed by atoms with Crippen molar-refractivity contribution in [2.45, 2.75) is 32.4 Å². The van der Waals surface area contributed by atoms with E-state index in [0.29, 0.717) is 18.1 Å². The van der Waals surface area contributed by atoms with Gasteiger partial charge in [0.25, 0.3) is 0 Å². The summed E-state index contributed by atoms with van der Waals surface area (Å²) in [5.41, 5.74) is 2.64. The minimum atomic E-state index is 0.230. The number of ether oxygens (including phenoxy) is 1. The summed E-state index contributed by atoms with van der Waals surface area (Å²) in [6.07, 6.45) is 3.63. The standard InChI is InChI=1S/C16H20N2O/c1-16(2)14(12-6-8-19-15(12)16)18-11-3-4-13-10(9-11)5-7-17-13/h3-5,7,9,12,14-15,17-18H,6,8H2,1-2H3. The lowest BCUT2D eigenvalue weighted by molar-refractivity contribution is -0.0923. The largest absolute Gasteiger partial charge is 0.381 e. The summed E-state index contributed by atoms with van der Waals surface area (Å²) in [4.78, 5) is 3.23. The first-order chi connectivity index (χ1) is 9.16. The summed E-state index contributed by atoms with van der Waals surface area (Å²) >= 11 is 0. The molecule has 0 spiro atoms. The molecule has 0 bridgehead atoms. The third-order valence-corrected chi connectivity index (χ3v) is 4.98. The van der Waals surface area contributed by atoms with Crippen molar-refractivity contribution in [2.75, 3.05) is 11.9 Å². The summed E-state index contributed by atoms with van der Waals surface area (Å²) in [6, 6.07) is 9.18. The van der Waals surface area contributed by atoms with E-state index in [4.69, 9.17) is 4.74 Å². The minimum Gasteiger partial charge on any atom is -0.381 e. The van der Waals surface area contributed by atoms with Gasteiger partial charge in [-0.15, -0.1) is 0 Å². The van der Waals surface area contributed by atoms with Gasteiger partial charge < -0.3 is 15.0 Å². The summed E-state index contributed by atoms with van der Waals surface area (Å²) < 4.78 is 5.85. The Balaban J connectivity index is 1.60. The summed E-state index contributed by atoms with van der Waals surface area (Å²) in [6.45, 7) is 5.55. The van der Waals surface area contributed by atoms with E-state index in [9.17, 15) is 0 Å². The molecule has 100 valence electrons. The van der Waals surface area contributed by atoms with Gasteiger partial charge >= 0.3 is 0 Å². The van der Waals surface area contributed by atoms with Crippen LogP contribution < -0.4 is 5.32 Å². The second kappa shape index (κ2) is 3.76. The third kappa shape index (κ3) is 1.54. The molecule has 2 fully saturated rings. The van der Waals surface area contributed by atoms with Crippen molar-refractivity contribution < 1.29 is 4.74 Å². The zero-order valence-corrected chi connectivity index (χ0v) is 11.4. The van der Waals surface area contributed by atoms with Gasteiger partial charge in [-0.3, -0.25) is 0 Å². The number of benzene rings is 1. The van der Waals surface area contributed by atoms with E-state index in [0.717, 1.165) is 6.61 Å². The van der Waals surface area contributed by atoms with Crippen molar-refractivity contribution in [3.05, 3.63) is 30.5 Å². The number of hydrogen-bond acceptors (Lipinski definition) is 2. The second-order valence-corrected chi connectivity index (χ2v) is 6.47. The number of fused-ring (bicyclic) bond motifs is 2. The first kappa shape index (κ1) is 11.4. The molecule has 1 aromatic heterocycles. The maximum Gasteiger partial charge on any atom is 0.0694 e. The van der Waals surface area contributed by atoms with Crippen LogP contribution in [0.3, 0.4) is 0 Å². The number of aromatic nitrogens is 1. The maximum atomic E-state index is 5.85. The Hall–Kier alpha value is -1.48. The molecule has 2 N–H and O–H groups in total. The van der Waals surface area contributed by atoms with E-state index in [1.807, 2.05) is 6.20 Å². The fourth-order valence-corrected chi connectivity index (χ4v) is 3.94. The molecule has 3 unspecified atom stereocenters. The summed E-state index contributed by atoms with van der Waals surface area (Å²) in [5, 5.41) is 4.99. The molecular weight excluding hydrogens is 236 g/mol. The highest BCUT2D eigenvalue weighted by Gasteiger charge is 2.59. The fourth-order valence-electron chi connectivity index (χ4n) is 3.94. The number of aromatic amines is 1. The quantitative estimate of drug-likeness (QED) is 0.864. The van der Waals surface area contributed by atoms with Gasteiger partial charge in [0.15, 0.2) is 0 Å². The predicted molar refractivity (Wildman–Crippen MR) is 77.3 cm³/mol. The number of H-pyrrole nitrogens is 1. The second-order valence-electron chi connectivity index (χ2n) is 6.47. The molecule has 19 heavy (non-hydrogen) atoms. The topological polar surface area (TPSA) is 37.0 Å². The Labute approximate surface area is 113 Å². The minimum absolute atomic E-state index is 0.230. The molecule has 1 aliphatic heterocycles. The van der Waals surface area contributed by atoms with E-state index in [1.54, 1.807) is 0 Å². The van der Waals surface area contributed by atoms with Crippen LogP contribution in [0.1, 0.15) is 20.3 Å². The van der Waals surface area contributed by atoms with Gasteiger partial charge in [-0.25, -0.2) is 0 Å². The summed E-state index contributed by atoms with van der Waals surface area (Å²) in [5.74, 6) is 0.678. The van der Waals surface area contributed by atoms with Crippen LogP contribution in [0, 0.1) is 11.3 Å². The average Bonchev–Trinajstić information content (AvgIpc) is 3.03. The van der Waals surface area contributed by atoms with Gasteiger partial charge in [0, 0.05) is 46.8 Å². The van der Waals surface area contributed by atoms with Crippen LogP contribution in [0.25, 0.3) is 10.9 Å². The molecule has 1 aromatic carbocycles. The molecule has 3 atom stereocenters. The third-order valence-electron chi connectivity index (χ3n) is 4.98. The molecule has 3 nitrogen and oxygen atoms in total. The molecule has 2 aromatic rings. The van der Waals surface area contributed by atoms with Gasteiger partial charge in [0.1, 0.15) is 0 Å². The Bertz CT molecular complexity index is 616. The Morgan fingerprint density at radius 3 is 3.11 bits per heavy atom. The molecule has 1 saturated heterocycles.